The van der Waals surface area contributed by atoms with Crippen LogP contribution in [0, 0.1) is 0 Å². The molecule has 1 aliphatic heterocycles. The summed E-state index contributed by atoms with van der Waals surface area (Å²) >= 11 is 5.27. The van der Waals surface area contributed by atoms with Gasteiger partial charge < -0.3 is 10.0 Å². The minimum absolute atomic E-state index is 0.520. The number of aryl methyl sites for hydroxylation is 1. The molecular formula is C13H12BrNO2S. The molecule has 0 saturated heterocycles. The smallest absolute Gasteiger partial charge is 0.407 e. The van der Waals surface area contributed by atoms with Gasteiger partial charge in [0.15, 0.2) is 0 Å². The molecule has 1 N–H and O–H groups in total. The molecular weight excluding hydrogens is 314 g/mol. The third-order valence-electron chi connectivity index (χ3n) is 3.29. The topological polar surface area (TPSA) is 40.5 Å². The number of nitrogens with zero attached hydrogens (tertiary/aromatic N) is 1. The SMILES string of the molecule is O=C(O)N1CCCc2sc3cc(Br)ccc3c2C1. The number of hydrogen-bond donors (Lipinski definition) is 1. The molecule has 1 aromatic carbocycles. The van der Waals surface area contributed by atoms with Crippen LogP contribution in [0.2, 0.25) is 0 Å². The zero-order valence-electron chi connectivity index (χ0n) is 9.65. The van der Waals surface area contributed by atoms with E-state index in [-0.39, 0.29) is 0 Å². The largest absolute Gasteiger partial charge is 0.465 e. The van der Waals surface area contributed by atoms with E-state index in [2.05, 4.69) is 28.1 Å². The van der Waals surface area contributed by atoms with Crippen LogP contribution in [0.25, 0.3) is 10.1 Å². The Labute approximate surface area is 117 Å². The highest BCUT2D eigenvalue weighted by atomic mass is 79.9. The highest BCUT2D eigenvalue weighted by molar-refractivity contribution is 9.10. The zero-order chi connectivity index (χ0) is 12.7. The molecule has 0 fully saturated rings. The molecule has 0 saturated carbocycles. The fourth-order valence-corrected chi connectivity index (χ4v) is 4.22. The number of hydrogen-bond acceptors (Lipinski definition) is 2. The number of carboxylic acid groups (broad SMARTS) is 1. The van der Waals surface area contributed by atoms with E-state index in [0.717, 1.165) is 17.3 Å². The third kappa shape index (κ3) is 2.01. The molecule has 3 nitrogen and oxygen atoms in total. The Morgan fingerprint density at radius 3 is 3.06 bits per heavy atom. The normalized spacial score (nSPS) is 15.5. The first-order valence-corrected chi connectivity index (χ1v) is 7.44. The van der Waals surface area contributed by atoms with Crippen LogP contribution in [0.1, 0.15) is 16.9 Å². The highest BCUT2D eigenvalue weighted by Crippen LogP contribution is 2.36. The van der Waals surface area contributed by atoms with Crippen LogP contribution in [0.3, 0.4) is 0 Å². The summed E-state index contributed by atoms with van der Waals surface area (Å²) in [5, 5.41) is 10.4. The summed E-state index contributed by atoms with van der Waals surface area (Å²) in [5.41, 5.74) is 1.20. The van der Waals surface area contributed by atoms with Crippen LogP contribution in [0.15, 0.2) is 22.7 Å². The van der Waals surface area contributed by atoms with Crippen molar-refractivity contribution in [1.82, 2.24) is 4.90 Å². The van der Waals surface area contributed by atoms with E-state index in [4.69, 9.17) is 5.11 Å². The van der Waals surface area contributed by atoms with Crippen molar-refractivity contribution < 1.29 is 9.90 Å². The Bertz CT molecular complexity index is 623. The summed E-state index contributed by atoms with van der Waals surface area (Å²) in [6.07, 6.45) is 1.07. The summed E-state index contributed by atoms with van der Waals surface area (Å²) in [6, 6.07) is 6.21. The second-order valence-electron chi connectivity index (χ2n) is 4.45. The van der Waals surface area contributed by atoms with Gasteiger partial charge in [-0.25, -0.2) is 4.79 Å². The summed E-state index contributed by atoms with van der Waals surface area (Å²) in [5.74, 6) is 0. The minimum Gasteiger partial charge on any atom is -0.465 e. The van der Waals surface area contributed by atoms with Gasteiger partial charge in [0.1, 0.15) is 0 Å². The van der Waals surface area contributed by atoms with Gasteiger partial charge in [-0.15, -0.1) is 11.3 Å². The number of amides is 1. The highest BCUT2D eigenvalue weighted by Gasteiger charge is 2.21. The molecule has 1 aromatic heterocycles. The number of carbonyl (C=O) groups is 1. The lowest BCUT2D eigenvalue weighted by molar-refractivity contribution is 0.143. The van der Waals surface area contributed by atoms with Crippen molar-refractivity contribution in [2.24, 2.45) is 0 Å². The molecule has 3 rings (SSSR count). The lowest BCUT2D eigenvalue weighted by Crippen LogP contribution is -2.28. The van der Waals surface area contributed by atoms with Gasteiger partial charge in [-0.1, -0.05) is 22.0 Å². The van der Waals surface area contributed by atoms with Crippen molar-refractivity contribution >= 4 is 43.4 Å². The standard InChI is InChI=1S/C13H12BrNO2S/c14-8-3-4-9-10-7-15(13(16)17)5-1-2-11(10)18-12(9)6-8/h3-4,6H,1-2,5,7H2,(H,16,17). The Kier molecular flexibility index (Phi) is 3.03. The molecule has 0 radical (unpaired) electrons. The van der Waals surface area contributed by atoms with Crippen LogP contribution >= 0.6 is 27.3 Å². The van der Waals surface area contributed by atoms with Gasteiger partial charge in [-0.3, -0.25) is 0 Å². The first kappa shape index (κ1) is 12.0. The summed E-state index contributed by atoms with van der Waals surface area (Å²) in [4.78, 5) is 14.0. The monoisotopic (exact) mass is 325 g/mol. The Morgan fingerprint density at radius 2 is 2.28 bits per heavy atom. The van der Waals surface area contributed by atoms with Crippen LogP contribution in [-0.4, -0.2) is 22.6 Å². The summed E-state index contributed by atoms with van der Waals surface area (Å²) in [6.45, 7) is 1.15. The van der Waals surface area contributed by atoms with E-state index < -0.39 is 6.09 Å². The molecule has 94 valence electrons. The summed E-state index contributed by atoms with van der Waals surface area (Å²) in [7, 11) is 0. The van der Waals surface area contributed by atoms with Crippen LogP contribution < -0.4 is 0 Å². The van der Waals surface area contributed by atoms with Gasteiger partial charge in [0.05, 0.1) is 6.54 Å². The summed E-state index contributed by atoms with van der Waals surface area (Å²) < 4.78 is 2.31. The van der Waals surface area contributed by atoms with Gasteiger partial charge in [0, 0.05) is 20.6 Å². The van der Waals surface area contributed by atoms with Crippen molar-refractivity contribution in [2.45, 2.75) is 19.4 Å². The average molecular weight is 326 g/mol. The fraction of sp³-hybridized carbons (Fsp3) is 0.308. The molecule has 1 amide bonds. The molecule has 0 unspecified atom stereocenters. The van der Waals surface area contributed by atoms with E-state index in [1.165, 1.54) is 25.4 Å². The first-order valence-electron chi connectivity index (χ1n) is 5.83. The van der Waals surface area contributed by atoms with E-state index in [0.29, 0.717) is 13.1 Å². The molecule has 5 heteroatoms. The van der Waals surface area contributed by atoms with Gasteiger partial charge in [-0.2, -0.15) is 0 Å². The molecule has 0 bridgehead atoms. The predicted octanol–water partition coefficient (Wildman–Crippen LogP) is 4.09. The van der Waals surface area contributed by atoms with E-state index >= 15 is 0 Å². The minimum atomic E-state index is -0.820. The van der Waals surface area contributed by atoms with Gasteiger partial charge in [0.2, 0.25) is 0 Å². The lowest BCUT2D eigenvalue weighted by Gasteiger charge is -2.16. The van der Waals surface area contributed by atoms with E-state index in [9.17, 15) is 4.79 Å². The number of thiophene rings is 1. The first-order chi connectivity index (χ1) is 8.65. The molecule has 0 aliphatic carbocycles. The molecule has 1 aliphatic rings. The van der Waals surface area contributed by atoms with Crippen molar-refractivity contribution in [3.63, 3.8) is 0 Å². The average Bonchev–Trinajstić information content (AvgIpc) is 2.52. The lowest BCUT2D eigenvalue weighted by atomic mass is 10.1. The van der Waals surface area contributed by atoms with Crippen LogP contribution in [0.5, 0.6) is 0 Å². The fourth-order valence-electron chi connectivity index (χ4n) is 2.41. The quantitative estimate of drug-likeness (QED) is 0.792. The van der Waals surface area contributed by atoms with Crippen LogP contribution in [-0.2, 0) is 13.0 Å². The maximum Gasteiger partial charge on any atom is 0.407 e. The third-order valence-corrected chi connectivity index (χ3v) is 5.04. The number of rotatable bonds is 0. The Balaban J connectivity index is 2.12. The molecule has 0 spiro atoms. The van der Waals surface area contributed by atoms with Crippen molar-refractivity contribution in [3.8, 4) is 0 Å². The Morgan fingerprint density at radius 1 is 1.44 bits per heavy atom. The number of benzene rings is 1. The maximum atomic E-state index is 11.2. The predicted molar refractivity (Wildman–Crippen MR) is 76.3 cm³/mol. The van der Waals surface area contributed by atoms with Crippen molar-refractivity contribution in [3.05, 3.63) is 33.1 Å². The van der Waals surface area contributed by atoms with E-state index in [1.54, 1.807) is 11.3 Å². The van der Waals surface area contributed by atoms with Gasteiger partial charge in [0.25, 0.3) is 0 Å². The second kappa shape index (κ2) is 4.55. The van der Waals surface area contributed by atoms with Gasteiger partial charge >= 0.3 is 6.09 Å². The number of halogens is 1. The molecule has 2 aromatic rings. The molecule has 18 heavy (non-hydrogen) atoms. The van der Waals surface area contributed by atoms with Crippen molar-refractivity contribution in [1.29, 1.82) is 0 Å². The van der Waals surface area contributed by atoms with Gasteiger partial charge in [-0.05, 0) is 35.9 Å². The second-order valence-corrected chi connectivity index (χ2v) is 6.50. The maximum absolute atomic E-state index is 11.2. The Hall–Kier alpha value is -1.07. The van der Waals surface area contributed by atoms with Crippen molar-refractivity contribution in [2.75, 3.05) is 6.54 Å². The molecule has 2 heterocycles. The van der Waals surface area contributed by atoms with E-state index in [1.807, 2.05) is 6.07 Å². The van der Waals surface area contributed by atoms with Crippen LogP contribution in [0.4, 0.5) is 4.79 Å². The number of fused-ring (bicyclic) bond motifs is 3. The zero-order valence-corrected chi connectivity index (χ0v) is 12.1. The molecule has 0 atom stereocenters.